The van der Waals surface area contributed by atoms with Crippen LogP contribution in [0.25, 0.3) is 0 Å². The van der Waals surface area contributed by atoms with E-state index in [0.717, 1.165) is 21.2 Å². The molecule has 1 nitrogen and oxygen atoms in total. The van der Waals surface area contributed by atoms with Gasteiger partial charge in [0.15, 0.2) is 5.78 Å². The first-order valence-electron chi connectivity index (χ1n) is 5.97. The number of rotatable bonds is 2. The maximum atomic E-state index is 12.6. The molecule has 2 rings (SSSR count). The van der Waals surface area contributed by atoms with Crippen LogP contribution < -0.4 is 0 Å². The van der Waals surface area contributed by atoms with E-state index in [1.54, 1.807) is 18.2 Å². The Kier molecular flexibility index (Phi) is 4.12. The number of hydrogen-bond donors (Lipinski definition) is 0. The molecule has 0 saturated heterocycles. The molecule has 0 atom stereocenters. The van der Waals surface area contributed by atoms with Crippen molar-refractivity contribution in [2.75, 3.05) is 0 Å². The van der Waals surface area contributed by atoms with Gasteiger partial charge in [0, 0.05) is 15.6 Å². The molecule has 0 heterocycles. The Balaban J connectivity index is 2.53. The van der Waals surface area contributed by atoms with Crippen LogP contribution in [0.4, 0.5) is 0 Å². The van der Waals surface area contributed by atoms with Crippen LogP contribution in [0.2, 0.25) is 5.02 Å². The molecule has 0 saturated carbocycles. The SMILES string of the molecule is Cc1cc(C)c(C(=O)c2ccc(Br)c(Cl)c2)c(C)c1. The molecule has 0 aliphatic carbocycles. The minimum atomic E-state index is 0.0180. The van der Waals surface area contributed by atoms with E-state index in [1.807, 2.05) is 32.9 Å². The monoisotopic (exact) mass is 336 g/mol. The standard InChI is InChI=1S/C16H14BrClO/c1-9-6-10(2)15(11(3)7-9)16(19)12-4-5-13(17)14(18)8-12/h4-8H,1-3H3. The first kappa shape index (κ1) is 14.3. The van der Waals surface area contributed by atoms with Gasteiger partial charge in [-0.3, -0.25) is 4.79 Å². The van der Waals surface area contributed by atoms with Crippen LogP contribution in [0.3, 0.4) is 0 Å². The Bertz CT molecular complexity index is 639. The van der Waals surface area contributed by atoms with Crippen LogP contribution in [0.5, 0.6) is 0 Å². The summed E-state index contributed by atoms with van der Waals surface area (Å²) in [7, 11) is 0. The fraction of sp³-hybridized carbons (Fsp3) is 0.188. The van der Waals surface area contributed by atoms with Crippen molar-refractivity contribution in [1.29, 1.82) is 0 Å². The lowest BCUT2D eigenvalue weighted by Gasteiger charge is -2.11. The number of carbonyl (C=O) groups is 1. The zero-order valence-electron chi connectivity index (χ0n) is 11.1. The quantitative estimate of drug-likeness (QED) is 0.683. The van der Waals surface area contributed by atoms with Crippen LogP contribution in [0, 0.1) is 20.8 Å². The molecule has 3 heteroatoms. The highest BCUT2D eigenvalue weighted by Gasteiger charge is 2.15. The Hall–Kier alpha value is -1.12. The Morgan fingerprint density at radius 1 is 1.05 bits per heavy atom. The number of carbonyl (C=O) groups excluding carboxylic acids is 1. The second-order valence-electron chi connectivity index (χ2n) is 4.73. The molecule has 0 bridgehead atoms. The van der Waals surface area contributed by atoms with E-state index >= 15 is 0 Å². The van der Waals surface area contributed by atoms with Crippen LogP contribution >= 0.6 is 27.5 Å². The van der Waals surface area contributed by atoms with Crippen LogP contribution in [0.1, 0.15) is 32.6 Å². The Morgan fingerprint density at radius 3 is 2.16 bits per heavy atom. The van der Waals surface area contributed by atoms with Gasteiger partial charge in [-0.25, -0.2) is 0 Å². The zero-order chi connectivity index (χ0) is 14.2. The third kappa shape index (κ3) is 2.90. The number of ketones is 1. The molecule has 0 N–H and O–H groups in total. The average Bonchev–Trinajstić information content (AvgIpc) is 2.31. The van der Waals surface area contributed by atoms with Gasteiger partial charge in [-0.15, -0.1) is 0 Å². The fourth-order valence-corrected chi connectivity index (χ4v) is 2.75. The van der Waals surface area contributed by atoms with Gasteiger partial charge in [0.25, 0.3) is 0 Å². The number of hydrogen-bond acceptors (Lipinski definition) is 1. The van der Waals surface area contributed by atoms with Crippen molar-refractivity contribution < 1.29 is 4.79 Å². The first-order valence-corrected chi connectivity index (χ1v) is 7.15. The van der Waals surface area contributed by atoms with E-state index in [2.05, 4.69) is 15.9 Å². The Morgan fingerprint density at radius 2 is 1.63 bits per heavy atom. The third-order valence-electron chi connectivity index (χ3n) is 3.09. The molecule has 0 aliphatic rings. The molecule has 0 amide bonds. The van der Waals surface area contributed by atoms with E-state index in [9.17, 15) is 4.79 Å². The summed E-state index contributed by atoms with van der Waals surface area (Å²) in [6, 6.07) is 9.35. The van der Waals surface area contributed by atoms with E-state index in [-0.39, 0.29) is 5.78 Å². The van der Waals surface area contributed by atoms with Crippen molar-refractivity contribution in [3.05, 3.63) is 67.6 Å². The van der Waals surface area contributed by atoms with Gasteiger partial charge in [-0.1, -0.05) is 29.3 Å². The normalized spacial score (nSPS) is 10.6. The van der Waals surface area contributed by atoms with Crippen LogP contribution in [-0.2, 0) is 0 Å². The van der Waals surface area contributed by atoms with Crippen molar-refractivity contribution in [2.24, 2.45) is 0 Å². The highest BCUT2D eigenvalue weighted by atomic mass is 79.9. The maximum absolute atomic E-state index is 12.6. The van der Waals surface area contributed by atoms with E-state index in [1.165, 1.54) is 5.56 Å². The fourth-order valence-electron chi connectivity index (χ4n) is 2.32. The van der Waals surface area contributed by atoms with E-state index in [4.69, 9.17) is 11.6 Å². The highest BCUT2D eigenvalue weighted by molar-refractivity contribution is 9.10. The number of halogens is 2. The van der Waals surface area contributed by atoms with Crippen molar-refractivity contribution >= 4 is 33.3 Å². The molecule has 2 aromatic carbocycles. The number of aryl methyl sites for hydroxylation is 3. The first-order chi connectivity index (χ1) is 8.90. The Labute approximate surface area is 126 Å². The minimum absolute atomic E-state index is 0.0180. The summed E-state index contributed by atoms with van der Waals surface area (Å²) in [5, 5.41) is 0.549. The third-order valence-corrected chi connectivity index (χ3v) is 4.32. The smallest absolute Gasteiger partial charge is 0.193 e. The van der Waals surface area contributed by atoms with Gasteiger partial charge in [-0.2, -0.15) is 0 Å². The summed E-state index contributed by atoms with van der Waals surface area (Å²) in [6.45, 7) is 5.96. The lowest BCUT2D eigenvalue weighted by Crippen LogP contribution is -2.06. The average molecular weight is 338 g/mol. The minimum Gasteiger partial charge on any atom is -0.289 e. The molecule has 19 heavy (non-hydrogen) atoms. The van der Waals surface area contributed by atoms with E-state index in [0.29, 0.717) is 10.6 Å². The molecular weight excluding hydrogens is 324 g/mol. The summed E-state index contributed by atoms with van der Waals surface area (Å²) in [5.41, 5.74) is 4.55. The second-order valence-corrected chi connectivity index (χ2v) is 5.99. The molecule has 0 aliphatic heterocycles. The van der Waals surface area contributed by atoms with Gasteiger partial charge in [0.2, 0.25) is 0 Å². The molecule has 0 unspecified atom stereocenters. The lowest BCUT2D eigenvalue weighted by atomic mass is 9.93. The summed E-state index contributed by atoms with van der Waals surface area (Å²) in [4.78, 5) is 12.6. The van der Waals surface area contributed by atoms with Gasteiger partial charge < -0.3 is 0 Å². The topological polar surface area (TPSA) is 17.1 Å². The van der Waals surface area contributed by atoms with Crippen LogP contribution in [-0.4, -0.2) is 5.78 Å². The van der Waals surface area contributed by atoms with Crippen molar-refractivity contribution in [3.8, 4) is 0 Å². The highest BCUT2D eigenvalue weighted by Crippen LogP contribution is 2.26. The molecule has 0 radical (unpaired) electrons. The second kappa shape index (κ2) is 5.48. The maximum Gasteiger partial charge on any atom is 0.193 e. The summed E-state index contributed by atoms with van der Waals surface area (Å²) < 4.78 is 0.795. The van der Waals surface area contributed by atoms with Crippen molar-refractivity contribution in [2.45, 2.75) is 20.8 Å². The summed E-state index contributed by atoms with van der Waals surface area (Å²) in [6.07, 6.45) is 0. The number of benzene rings is 2. The molecule has 0 spiro atoms. The van der Waals surface area contributed by atoms with E-state index < -0.39 is 0 Å². The zero-order valence-corrected chi connectivity index (χ0v) is 13.4. The van der Waals surface area contributed by atoms with Gasteiger partial charge in [-0.05, 0) is 66.0 Å². The summed E-state index contributed by atoms with van der Waals surface area (Å²) >= 11 is 9.38. The lowest BCUT2D eigenvalue weighted by molar-refractivity contribution is 0.103. The summed E-state index contributed by atoms with van der Waals surface area (Å²) in [5.74, 6) is 0.0180. The van der Waals surface area contributed by atoms with Gasteiger partial charge >= 0.3 is 0 Å². The van der Waals surface area contributed by atoms with Gasteiger partial charge in [0.05, 0.1) is 5.02 Å². The molecular formula is C16H14BrClO. The van der Waals surface area contributed by atoms with Crippen LogP contribution in [0.15, 0.2) is 34.8 Å². The molecule has 0 fully saturated rings. The van der Waals surface area contributed by atoms with Gasteiger partial charge in [0.1, 0.15) is 0 Å². The molecule has 98 valence electrons. The molecule has 2 aromatic rings. The predicted molar refractivity (Wildman–Crippen MR) is 83.2 cm³/mol. The largest absolute Gasteiger partial charge is 0.289 e. The molecule has 0 aromatic heterocycles. The van der Waals surface area contributed by atoms with Crippen molar-refractivity contribution in [3.63, 3.8) is 0 Å². The van der Waals surface area contributed by atoms with Crippen molar-refractivity contribution in [1.82, 2.24) is 0 Å². The predicted octanol–water partition coefficient (Wildman–Crippen LogP) is 5.26.